The fourth-order valence-electron chi connectivity index (χ4n) is 3.78. The second-order valence-electron chi connectivity index (χ2n) is 8.18. The van der Waals surface area contributed by atoms with Gasteiger partial charge < -0.3 is 15.0 Å². The monoisotopic (exact) mass is 527 g/mol. The smallest absolute Gasteiger partial charge is 0.264 e. The van der Waals surface area contributed by atoms with Gasteiger partial charge in [-0.15, -0.1) is 0 Å². The van der Waals surface area contributed by atoms with Gasteiger partial charge in [0.05, 0.1) is 17.7 Å². The van der Waals surface area contributed by atoms with E-state index in [-0.39, 0.29) is 28.4 Å². The van der Waals surface area contributed by atoms with E-state index < -0.39 is 40.2 Å². The lowest BCUT2D eigenvalue weighted by atomic mass is 10.1. The number of carbonyl (C=O) groups is 2. The molecule has 196 valence electrons. The molecule has 0 unspecified atom stereocenters. The molecular formula is C27H30FN3O5S. The van der Waals surface area contributed by atoms with Gasteiger partial charge in [0, 0.05) is 18.7 Å². The Morgan fingerprint density at radius 3 is 2.24 bits per heavy atom. The highest BCUT2D eigenvalue weighted by atomic mass is 32.2. The Morgan fingerprint density at radius 1 is 0.973 bits per heavy atom. The largest absolute Gasteiger partial charge is 0.495 e. The van der Waals surface area contributed by atoms with Crippen molar-refractivity contribution in [3.05, 3.63) is 90.2 Å². The minimum Gasteiger partial charge on any atom is -0.495 e. The minimum atomic E-state index is -4.22. The summed E-state index contributed by atoms with van der Waals surface area (Å²) in [6.45, 7) is 2.72. The lowest BCUT2D eigenvalue weighted by molar-refractivity contribution is -0.139. The number of nitrogens with one attached hydrogen (secondary N) is 1. The molecule has 0 radical (unpaired) electrons. The topological polar surface area (TPSA) is 96.0 Å². The van der Waals surface area contributed by atoms with E-state index in [1.54, 1.807) is 49.4 Å². The normalized spacial score (nSPS) is 11.9. The first-order valence-electron chi connectivity index (χ1n) is 11.7. The molecule has 0 aromatic heterocycles. The van der Waals surface area contributed by atoms with E-state index in [0.29, 0.717) is 6.54 Å². The highest BCUT2D eigenvalue weighted by molar-refractivity contribution is 7.92. The number of ether oxygens (including phenoxy) is 1. The Kier molecular flexibility index (Phi) is 9.24. The molecule has 0 fully saturated rings. The van der Waals surface area contributed by atoms with Crippen molar-refractivity contribution in [2.75, 3.05) is 24.5 Å². The number of hydrogen-bond donors (Lipinski definition) is 1. The zero-order valence-corrected chi connectivity index (χ0v) is 21.7. The van der Waals surface area contributed by atoms with Gasteiger partial charge in [-0.25, -0.2) is 12.8 Å². The van der Waals surface area contributed by atoms with Gasteiger partial charge in [0.25, 0.3) is 10.0 Å². The van der Waals surface area contributed by atoms with Gasteiger partial charge in [-0.3, -0.25) is 13.9 Å². The quantitative estimate of drug-likeness (QED) is 0.411. The molecule has 8 nitrogen and oxygen atoms in total. The molecule has 0 spiro atoms. The Morgan fingerprint density at radius 2 is 1.59 bits per heavy atom. The van der Waals surface area contributed by atoms with Gasteiger partial charge in [0.2, 0.25) is 11.8 Å². The van der Waals surface area contributed by atoms with Crippen molar-refractivity contribution in [3.8, 4) is 5.75 Å². The van der Waals surface area contributed by atoms with Crippen molar-refractivity contribution in [3.63, 3.8) is 0 Å². The van der Waals surface area contributed by atoms with Crippen molar-refractivity contribution in [1.82, 2.24) is 10.2 Å². The van der Waals surface area contributed by atoms with Gasteiger partial charge in [0.15, 0.2) is 0 Å². The molecule has 0 heterocycles. The molecule has 37 heavy (non-hydrogen) atoms. The third kappa shape index (κ3) is 6.45. The third-order valence-corrected chi connectivity index (χ3v) is 7.55. The maximum absolute atomic E-state index is 14.5. The first kappa shape index (κ1) is 27.7. The van der Waals surface area contributed by atoms with Crippen LogP contribution in [-0.2, 0) is 26.2 Å². The Labute approximate surface area is 216 Å². The van der Waals surface area contributed by atoms with Crippen LogP contribution in [0.2, 0.25) is 0 Å². The van der Waals surface area contributed by atoms with Gasteiger partial charge >= 0.3 is 0 Å². The van der Waals surface area contributed by atoms with E-state index in [1.807, 2.05) is 0 Å². The molecule has 2 amide bonds. The molecule has 0 aliphatic heterocycles. The molecule has 0 aliphatic rings. The number of likely N-dealkylation sites (N-methyl/N-ethyl adjacent to an activating group) is 1. The van der Waals surface area contributed by atoms with E-state index in [4.69, 9.17) is 4.74 Å². The van der Waals surface area contributed by atoms with E-state index in [0.717, 1.165) is 4.31 Å². The minimum absolute atomic E-state index is 0.0221. The van der Waals surface area contributed by atoms with Crippen LogP contribution >= 0.6 is 0 Å². The zero-order chi connectivity index (χ0) is 27.0. The van der Waals surface area contributed by atoms with Crippen LogP contribution in [0.25, 0.3) is 0 Å². The predicted octanol–water partition coefficient (Wildman–Crippen LogP) is 3.58. The van der Waals surface area contributed by atoms with E-state index in [1.165, 1.54) is 55.3 Å². The Bertz CT molecular complexity index is 1330. The summed E-state index contributed by atoms with van der Waals surface area (Å²) in [5.74, 6) is -1.43. The number of carbonyl (C=O) groups excluding carboxylic acids is 2. The standard InChI is InChI=1S/C27H30FN3O5S/c1-4-29-27(33)20(2)30(18-21-12-8-9-15-23(21)28)26(32)19-31(24-16-10-11-17-25(24)36-3)37(34,35)22-13-6-5-7-14-22/h5-17,20H,4,18-19H2,1-3H3,(H,29,33)/t20-/m0/s1. The summed E-state index contributed by atoms with van der Waals surface area (Å²) in [5.41, 5.74) is 0.348. The van der Waals surface area contributed by atoms with Crippen LogP contribution in [0.1, 0.15) is 19.4 Å². The average molecular weight is 528 g/mol. The van der Waals surface area contributed by atoms with Crippen LogP contribution in [0.3, 0.4) is 0 Å². The number of amides is 2. The first-order chi connectivity index (χ1) is 17.7. The van der Waals surface area contributed by atoms with E-state index in [9.17, 15) is 22.4 Å². The van der Waals surface area contributed by atoms with Crippen LogP contribution in [0.4, 0.5) is 10.1 Å². The number of sulfonamides is 1. The van der Waals surface area contributed by atoms with Crippen molar-refractivity contribution in [2.45, 2.75) is 31.3 Å². The van der Waals surface area contributed by atoms with Gasteiger partial charge in [-0.2, -0.15) is 0 Å². The average Bonchev–Trinajstić information content (AvgIpc) is 2.91. The maximum atomic E-state index is 14.5. The first-order valence-corrected chi connectivity index (χ1v) is 13.2. The molecule has 0 bridgehead atoms. The fraction of sp³-hybridized carbons (Fsp3) is 0.259. The summed E-state index contributed by atoms with van der Waals surface area (Å²) >= 11 is 0. The molecule has 0 aliphatic carbocycles. The summed E-state index contributed by atoms with van der Waals surface area (Å²) in [6.07, 6.45) is 0. The summed E-state index contributed by atoms with van der Waals surface area (Å²) in [5, 5.41) is 2.66. The molecule has 3 aromatic carbocycles. The summed E-state index contributed by atoms with van der Waals surface area (Å²) in [4.78, 5) is 27.6. The van der Waals surface area contributed by atoms with E-state index >= 15 is 0 Å². The molecule has 3 aromatic rings. The SMILES string of the molecule is CCNC(=O)[C@H](C)N(Cc1ccccc1F)C(=O)CN(c1ccccc1OC)S(=O)(=O)c1ccccc1. The van der Waals surface area contributed by atoms with Crippen molar-refractivity contribution in [1.29, 1.82) is 0 Å². The van der Waals surface area contributed by atoms with Crippen LogP contribution in [0.5, 0.6) is 5.75 Å². The highest BCUT2D eigenvalue weighted by Gasteiger charge is 2.33. The number of rotatable bonds is 11. The van der Waals surface area contributed by atoms with Gasteiger partial charge in [-0.05, 0) is 44.2 Å². The molecular weight excluding hydrogens is 497 g/mol. The lowest BCUT2D eigenvalue weighted by Gasteiger charge is -2.32. The van der Waals surface area contributed by atoms with Crippen molar-refractivity contribution < 1.29 is 27.1 Å². The third-order valence-electron chi connectivity index (χ3n) is 5.78. The predicted molar refractivity (Wildman–Crippen MR) is 139 cm³/mol. The Hall–Kier alpha value is -3.92. The van der Waals surface area contributed by atoms with Gasteiger partial charge in [-0.1, -0.05) is 48.5 Å². The van der Waals surface area contributed by atoms with Crippen LogP contribution < -0.4 is 14.4 Å². The number of nitrogens with zero attached hydrogens (tertiary/aromatic N) is 2. The number of benzene rings is 3. The van der Waals surface area contributed by atoms with Crippen LogP contribution in [0.15, 0.2) is 83.8 Å². The second-order valence-corrected chi connectivity index (χ2v) is 10.0. The number of methoxy groups -OCH3 is 1. The van der Waals surface area contributed by atoms with Crippen molar-refractivity contribution in [2.24, 2.45) is 0 Å². The zero-order valence-electron chi connectivity index (χ0n) is 20.9. The summed E-state index contributed by atoms with van der Waals surface area (Å²) in [7, 11) is -2.82. The molecule has 1 N–H and O–H groups in total. The summed E-state index contributed by atoms with van der Waals surface area (Å²) < 4.78 is 48.3. The van der Waals surface area contributed by atoms with Crippen LogP contribution in [-0.4, -0.2) is 51.4 Å². The molecule has 0 saturated carbocycles. The fourth-order valence-corrected chi connectivity index (χ4v) is 5.23. The van der Waals surface area contributed by atoms with E-state index in [2.05, 4.69) is 5.32 Å². The molecule has 1 atom stereocenters. The second kappa shape index (κ2) is 12.4. The molecule has 10 heteroatoms. The number of anilines is 1. The maximum Gasteiger partial charge on any atom is 0.264 e. The Balaban J connectivity index is 2.07. The summed E-state index contributed by atoms with van der Waals surface area (Å²) in [6, 6.07) is 19.0. The van der Waals surface area contributed by atoms with Crippen LogP contribution in [0, 0.1) is 5.82 Å². The number of hydrogen-bond acceptors (Lipinski definition) is 5. The molecule has 0 saturated heterocycles. The van der Waals surface area contributed by atoms with Crippen molar-refractivity contribution >= 4 is 27.5 Å². The molecule has 3 rings (SSSR count). The lowest BCUT2D eigenvalue weighted by Crippen LogP contribution is -2.51. The van der Waals surface area contributed by atoms with Gasteiger partial charge in [0.1, 0.15) is 24.2 Å². The highest BCUT2D eigenvalue weighted by Crippen LogP contribution is 2.32. The number of para-hydroxylation sites is 2. The number of halogens is 1.